The average molecular weight is 306 g/mol. The molecule has 21 heavy (non-hydrogen) atoms. The largest absolute Gasteiger partial charge is 0.389 e. The molecule has 0 aliphatic heterocycles. The van der Waals surface area contributed by atoms with Crippen LogP contribution < -0.4 is 10.6 Å². The molecular weight excluding hydrogens is 294 g/mol. The van der Waals surface area contributed by atoms with Crippen LogP contribution in [0.2, 0.25) is 0 Å². The van der Waals surface area contributed by atoms with E-state index in [0.717, 1.165) is 17.0 Å². The number of benzene rings is 2. The molecule has 6 heteroatoms. The number of carbonyl (C=O) groups is 1. The lowest BCUT2D eigenvalue weighted by Crippen LogP contribution is -2.28. The Morgan fingerprint density at radius 1 is 1.14 bits per heavy atom. The first-order chi connectivity index (χ1) is 9.91. The topological polar surface area (TPSA) is 46.3 Å². The van der Waals surface area contributed by atoms with Crippen molar-refractivity contribution in [2.45, 2.75) is 0 Å². The number of nitrogens with two attached hydrogens (primary N) is 1. The molecule has 0 radical (unpaired) electrons. The molecule has 0 aromatic heterocycles. The van der Waals surface area contributed by atoms with Crippen LogP contribution in [0.15, 0.2) is 42.5 Å². The van der Waals surface area contributed by atoms with E-state index in [1.54, 1.807) is 24.3 Å². The molecule has 0 atom stereocenters. The fourth-order valence-corrected chi connectivity index (χ4v) is 1.98. The molecule has 0 saturated heterocycles. The van der Waals surface area contributed by atoms with Gasteiger partial charge in [-0.3, -0.25) is 4.79 Å². The zero-order chi connectivity index (χ0) is 15.6. The van der Waals surface area contributed by atoms with Gasteiger partial charge in [-0.2, -0.15) is 0 Å². The number of hydrogen-bond donors (Lipinski definition) is 1. The third kappa shape index (κ3) is 3.05. The van der Waals surface area contributed by atoms with Crippen LogP contribution in [-0.4, -0.2) is 17.9 Å². The minimum Gasteiger partial charge on any atom is -0.389 e. The number of nitrogens with zero attached hydrogens (tertiary/aromatic N) is 1. The zero-order valence-electron chi connectivity index (χ0n) is 11.1. The molecule has 1 amide bonds. The van der Waals surface area contributed by atoms with Crippen molar-refractivity contribution in [3.05, 3.63) is 65.2 Å². The number of amides is 1. The molecule has 2 N–H and O–H groups in total. The first kappa shape index (κ1) is 15.1. The third-order valence-corrected chi connectivity index (χ3v) is 3.23. The Morgan fingerprint density at radius 3 is 2.29 bits per heavy atom. The van der Waals surface area contributed by atoms with Gasteiger partial charge in [0.15, 0.2) is 0 Å². The Kier molecular flexibility index (Phi) is 4.28. The third-order valence-electron chi connectivity index (χ3n) is 3.00. The number of hydrogen-bond acceptors (Lipinski definition) is 2. The lowest BCUT2D eigenvalue weighted by atomic mass is 10.1. The van der Waals surface area contributed by atoms with Gasteiger partial charge in [-0.1, -0.05) is 30.4 Å². The lowest BCUT2D eigenvalue weighted by molar-refractivity contribution is 0.0985. The Labute approximate surface area is 126 Å². The molecule has 0 bridgehead atoms. The SMILES string of the molecule is CN(C(=O)c1c(F)cccc1F)c1cccc(C(N)=S)c1. The van der Waals surface area contributed by atoms with Crippen LogP contribution in [0.1, 0.15) is 15.9 Å². The van der Waals surface area contributed by atoms with Gasteiger partial charge in [-0.05, 0) is 24.3 Å². The number of anilines is 1. The first-order valence-corrected chi connectivity index (χ1v) is 6.44. The van der Waals surface area contributed by atoms with E-state index in [1.807, 2.05) is 0 Å². The summed E-state index contributed by atoms with van der Waals surface area (Å²) in [5.74, 6) is -2.60. The molecule has 0 fully saturated rings. The van der Waals surface area contributed by atoms with Crippen LogP contribution in [-0.2, 0) is 0 Å². The maximum Gasteiger partial charge on any atom is 0.263 e. The molecule has 0 unspecified atom stereocenters. The maximum absolute atomic E-state index is 13.7. The Morgan fingerprint density at radius 2 is 1.71 bits per heavy atom. The van der Waals surface area contributed by atoms with E-state index in [9.17, 15) is 13.6 Å². The van der Waals surface area contributed by atoms with Crippen LogP contribution >= 0.6 is 12.2 Å². The van der Waals surface area contributed by atoms with Crippen molar-refractivity contribution in [1.82, 2.24) is 0 Å². The molecular formula is C15H12F2N2OS. The van der Waals surface area contributed by atoms with E-state index in [-0.39, 0.29) is 4.99 Å². The summed E-state index contributed by atoms with van der Waals surface area (Å²) in [7, 11) is 1.42. The molecule has 0 aliphatic rings. The van der Waals surface area contributed by atoms with Gasteiger partial charge in [0.25, 0.3) is 5.91 Å². The summed E-state index contributed by atoms with van der Waals surface area (Å²) in [6.45, 7) is 0. The van der Waals surface area contributed by atoms with Crippen LogP contribution in [0, 0.1) is 11.6 Å². The minimum atomic E-state index is -0.905. The summed E-state index contributed by atoms with van der Waals surface area (Å²) >= 11 is 4.86. The van der Waals surface area contributed by atoms with Crippen molar-refractivity contribution >= 4 is 28.8 Å². The molecule has 2 aromatic carbocycles. The quantitative estimate of drug-likeness (QED) is 0.887. The van der Waals surface area contributed by atoms with Crippen molar-refractivity contribution in [2.24, 2.45) is 5.73 Å². The van der Waals surface area contributed by atoms with Crippen molar-refractivity contribution in [1.29, 1.82) is 0 Å². The van der Waals surface area contributed by atoms with Crippen LogP contribution in [0.4, 0.5) is 14.5 Å². The van der Waals surface area contributed by atoms with E-state index >= 15 is 0 Å². The standard InChI is InChI=1S/C15H12F2N2OS/c1-19(10-5-2-4-9(8-10)14(18)21)15(20)13-11(16)6-3-7-12(13)17/h2-8H,1H3,(H2,18,21). The minimum absolute atomic E-state index is 0.176. The zero-order valence-corrected chi connectivity index (χ0v) is 12.0. The van der Waals surface area contributed by atoms with Crippen LogP contribution in [0.5, 0.6) is 0 Å². The summed E-state index contributed by atoms with van der Waals surface area (Å²) in [6.07, 6.45) is 0. The highest BCUT2D eigenvalue weighted by Crippen LogP contribution is 2.20. The van der Waals surface area contributed by atoms with Gasteiger partial charge in [0.05, 0.1) is 0 Å². The normalized spacial score (nSPS) is 10.2. The van der Waals surface area contributed by atoms with Gasteiger partial charge in [0.2, 0.25) is 0 Å². The fraction of sp³-hybridized carbons (Fsp3) is 0.0667. The molecule has 2 rings (SSSR count). The monoisotopic (exact) mass is 306 g/mol. The number of rotatable bonds is 3. The van der Waals surface area contributed by atoms with E-state index < -0.39 is 23.1 Å². The van der Waals surface area contributed by atoms with Crippen molar-refractivity contribution < 1.29 is 13.6 Å². The predicted octanol–water partition coefficient (Wildman–Crippen LogP) is 2.88. The first-order valence-electron chi connectivity index (χ1n) is 6.03. The smallest absolute Gasteiger partial charge is 0.263 e. The molecule has 0 aliphatic carbocycles. The highest BCUT2D eigenvalue weighted by molar-refractivity contribution is 7.80. The number of thiocarbonyl (C=S) groups is 1. The average Bonchev–Trinajstić information content (AvgIpc) is 2.46. The van der Waals surface area contributed by atoms with Gasteiger partial charge in [-0.15, -0.1) is 0 Å². The molecule has 2 aromatic rings. The molecule has 108 valence electrons. The highest BCUT2D eigenvalue weighted by Gasteiger charge is 2.21. The van der Waals surface area contributed by atoms with Gasteiger partial charge in [-0.25, -0.2) is 8.78 Å². The van der Waals surface area contributed by atoms with Gasteiger partial charge in [0, 0.05) is 18.3 Å². The van der Waals surface area contributed by atoms with E-state index in [1.165, 1.54) is 13.1 Å². The second-order valence-corrected chi connectivity index (χ2v) is 4.82. The van der Waals surface area contributed by atoms with E-state index in [0.29, 0.717) is 11.3 Å². The van der Waals surface area contributed by atoms with Gasteiger partial charge >= 0.3 is 0 Å². The summed E-state index contributed by atoms with van der Waals surface area (Å²) < 4.78 is 27.3. The highest BCUT2D eigenvalue weighted by atomic mass is 32.1. The Balaban J connectivity index is 2.40. The second-order valence-electron chi connectivity index (χ2n) is 4.38. The molecule has 0 spiro atoms. The maximum atomic E-state index is 13.7. The molecule has 3 nitrogen and oxygen atoms in total. The van der Waals surface area contributed by atoms with E-state index in [2.05, 4.69) is 0 Å². The lowest BCUT2D eigenvalue weighted by Gasteiger charge is -2.18. The number of carbonyl (C=O) groups excluding carboxylic acids is 1. The van der Waals surface area contributed by atoms with Gasteiger partial charge < -0.3 is 10.6 Å². The van der Waals surface area contributed by atoms with Gasteiger partial charge in [0.1, 0.15) is 22.2 Å². The Bertz CT molecular complexity index is 698. The fourth-order valence-electron chi connectivity index (χ4n) is 1.85. The van der Waals surface area contributed by atoms with Crippen LogP contribution in [0.3, 0.4) is 0 Å². The summed E-state index contributed by atoms with van der Waals surface area (Å²) in [5, 5.41) is 0. The summed E-state index contributed by atoms with van der Waals surface area (Å²) in [4.78, 5) is 13.6. The Hall–Kier alpha value is -2.34. The number of halogens is 2. The van der Waals surface area contributed by atoms with Crippen molar-refractivity contribution in [3.8, 4) is 0 Å². The summed E-state index contributed by atoms with van der Waals surface area (Å²) in [6, 6.07) is 9.83. The van der Waals surface area contributed by atoms with E-state index in [4.69, 9.17) is 18.0 Å². The molecule has 0 heterocycles. The second kappa shape index (κ2) is 5.97. The molecule has 0 saturated carbocycles. The van der Waals surface area contributed by atoms with Crippen molar-refractivity contribution in [2.75, 3.05) is 11.9 Å². The predicted molar refractivity (Wildman–Crippen MR) is 81.4 cm³/mol. The summed E-state index contributed by atoms with van der Waals surface area (Å²) in [5.41, 5.74) is 5.93. The van der Waals surface area contributed by atoms with Crippen molar-refractivity contribution in [3.63, 3.8) is 0 Å². The van der Waals surface area contributed by atoms with Crippen LogP contribution in [0.25, 0.3) is 0 Å².